The molecule has 0 saturated heterocycles. The maximum Gasteiger partial charge on any atom is 0.306 e. The lowest BCUT2D eigenvalue weighted by Gasteiger charge is -2.18. The number of esters is 2. The van der Waals surface area contributed by atoms with Gasteiger partial charge in [0.2, 0.25) is 5.91 Å². The number of hydrogen-bond donors (Lipinski definition) is 1. The summed E-state index contributed by atoms with van der Waals surface area (Å²) in [6.07, 6.45) is 34.4. The third-order valence-corrected chi connectivity index (χ3v) is 9.95. The number of ether oxygens (including phenoxy) is 2. The van der Waals surface area contributed by atoms with E-state index in [1.54, 1.807) is 0 Å². The van der Waals surface area contributed by atoms with Crippen LogP contribution in [0.5, 0.6) is 0 Å². The first-order valence-corrected chi connectivity index (χ1v) is 22.0. The van der Waals surface area contributed by atoms with E-state index in [0.29, 0.717) is 26.0 Å². The minimum absolute atomic E-state index is 0.00291. The number of nitrogens with one attached hydrogen (secondary N) is 1. The predicted molar refractivity (Wildman–Crippen MR) is 216 cm³/mol. The van der Waals surface area contributed by atoms with Gasteiger partial charge in [-0.3, -0.25) is 14.4 Å². The average Bonchev–Trinajstić information content (AvgIpc) is 3.12. The van der Waals surface area contributed by atoms with Crippen molar-refractivity contribution in [3.63, 3.8) is 0 Å². The second kappa shape index (κ2) is 39.2. The van der Waals surface area contributed by atoms with E-state index in [-0.39, 0.29) is 42.7 Å². The Morgan fingerprint density at radius 3 is 1.47 bits per heavy atom. The molecule has 6 nitrogen and oxygen atoms in total. The Bertz CT molecular complexity index is 846. The van der Waals surface area contributed by atoms with Gasteiger partial charge >= 0.3 is 11.9 Å². The van der Waals surface area contributed by atoms with E-state index in [4.69, 9.17) is 9.47 Å². The summed E-state index contributed by atoms with van der Waals surface area (Å²) in [5, 5.41) is 3.03. The van der Waals surface area contributed by atoms with Crippen molar-refractivity contribution >= 4 is 17.8 Å². The third-order valence-electron chi connectivity index (χ3n) is 9.95. The number of rotatable bonds is 37. The van der Waals surface area contributed by atoms with Crippen LogP contribution in [-0.4, -0.2) is 37.1 Å². The smallest absolute Gasteiger partial charge is 0.306 e. The summed E-state index contributed by atoms with van der Waals surface area (Å²) in [5.41, 5.74) is 0. The summed E-state index contributed by atoms with van der Waals surface area (Å²) in [5.74, 6) is 6.34. The maximum absolute atomic E-state index is 12.6. The predicted octanol–water partition coefficient (Wildman–Crippen LogP) is 12.7. The lowest BCUT2D eigenvalue weighted by Crippen LogP contribution is -2.31. The molecule has 0 aromatic rings. The van der Waals surface area contributed by atoms with Gasteiger partial charge in [-0.2, -0.15) is 0 Å². The Kier molecular flexibility index (Phi) is 37.6. The lowest BCUT2D eigenvalue weighted by atomic mass is 10.0. The quantitative estimate of drug-likeness (QED) is 0.0393. The van der Waals surface area contributed by atoms with Crippen molar-refractivity contribution in [2.24, 2.45) is 5.92 Å². The van der Waals surface area contributed by atoms with E-state index in [1.807, 2.05) is 6.92 Å². The molecule has 6 heteroatoms. The zero-order chi connectivity index (χ0) is 37.5. The minimum atomic E-state index is -0.285. The summed E-state index contributed by atoms with van der Waals surface area (Å²) in [6.45, 7) is 9.58. The summed E-state index contributed by atoms with van der Waals surface area (Å²) in [4.78, 5) is 37.4. The van der Waals surface area contributed by atoms with Gasteiger partial charge in [-0.1, -0.05) is 143 Å². The molecule has 0 aliphatic rings. The molecule has 0 rings (SSSR count). The fourth-order valence-corrected chi connectivity index (χ4v) is 6.34. The molecule has 0 heterocycles. The van der Waals surface area contributed by atoms with Gasteiger partial charge in [-0.15, -0.1) is 11.8 Å². The van der Waals surface area contributed by atoms with E-state index >= 15 is 0 Å². The normalized spacial score (nSPS) is 11.6. The molecular formula is C45H83NO5. The van der Waals surface area contributed by atoms with Crippen LogP contribution in [0.25, 0.3) is 0 Å². The van der Waals surface area contributed by atoms with Gasteiger partial charge in [0.1, 0.15) is 6.10 Å². The zero-order valence-corrected chi connectivity index (χ0v) is 34.2. The average molecular weight is 718 g/mol. The molecule has 1 N–H and O–H groups in total. The standard InChI is InChI=1S/C45H83NO5/c1-5-9-12-15-18-19-20-21-22-23-24-25-26-29-32-36-43(47)46-39-41(8-4)40-50-44(48)37-33-38-45(49)51-42(34-30-27-16-13-10-6-2)35-31-28-17-14-11-7-3/h41-42H,5-20,23-40H2,1-4H3,(H,46,47). The molecule has 0 radical (unpaired) electrons. The van der Waals surface area contributed by atoms with E-state index in [0.717, 1.165) is 70.6 Å². The van der Waals surface area contributed by atoms with Crippen LogP contribution < -0.4 is 5.32 Å². The van der Waals surface area contributed by atoms with Crippen LogP contribution in [0.1, 0.15) is 233 Å². The molecule has 0 aliphatic carbocycles. The molecule has 1 amide bonds. The third kappa shape index (κ3) is 36.1. The fourth-order valence-electron chi connectivity index (χ4n) is 6.34. The first-order valence-electron chi connectivity index (χ1n) is 22.0. The highest BCUT2D eigenvalue weighted by atomic mass is 16.5. The highest BCUT2D eigenvalue weighted by molar-refractivity contribution is 5.75. The van der Waals surface area contributed by atoms with Gasteiger partial charge in [0.25, 0.3) is 0 Å². The topological polar surface area (TPSA) is 81.7 Å². The van der Waals surface area contributed by atoms with Crippen molar-refractivity contribution in [1.82, 2.24) is 5.32 Å². The molecule has 0 saturated carbocycles. The summed E-state index contributed by atoms with van der Waals surface area (Å²) in [7, 11) is 0. The number of carbonyl (C=O) groups excluding carboxylic acids is 3. The van der Waals surface area contributed by atoms with Crippen LogP contribution in [0.3, 0.4) is 0 Å². The molecule has 0 bridgehead atoms. The summed E-state index contributed by atoms with van der Waals surface area (Å²) in [6, 6.07) is 0. The Labute approximate surface area is 316 Å². The summed E-state index contributed by atoms with van der Waals surface area (Å²) >= 11 is 0. The SMILES string of the molecule is CCCCCCCCC#CCCCCCCCC(=O)NCC(CC)COC(=O)CCCC(=O)OC(CCCCCCCC)CCCCCCCC. The number of unbranched alkanes of at least 4 members (excludes halogenated alkanes) is 21. The van der Waals surface area contributed by atoms with E-state index in [9.17, 15) is 14.4 Å². The van der Waals surface area contributed by atoms with Crippen LogP contribution in [0.15, 0.2) is 0 Å². The van der Waals surface area contributed by atoms with Crippen molar-refractivity contribution in [3.05, 3.63) is 0 Å². The van der Waals surface area contributed by atoms with E-state index in [2.05, 4.69) is 37.9 Å². The highest BCUT2D eigenvalue weighted by Crippen LogP contribution is 2.18. The van der Waals surface area contributed by atoms with Gasteiger partial charge in [0.15, 0.2) is 0 Å². The second-order valence-electron chi connectivity index (χ2n) is 15.0. The Morgan fingerprint density at radius 1 is 0.510 bits per heavy atom. The monoisotopic (exact) mass is 718 g/mol. The van der Waals surface area contributed by atoms with Crippen molar-refractivity contribution < 1.29 is 23.9 Å². The molecule has 0 spiro atoms. The number of amides is 1. The Balaban J connectivity index is 4.06. The first kappa shape index (κ1) is 49.0. The van der Waals surface area contributed by atoms with Crippen molar-refractivity contribution in [1.29, 1.82) is 0 Å². The van der Waals surface area contributed by atoms with Gasteiger partial charge in [-0.25, -0.2) is 0 Å². The van der Waals surface area contributed by atoms with E-state index < -0.39 is 0 Å². The fraction of sp³-hybridized carbons (Fsp3) is 0.889. The molecule has 1 unspecified atom stereocenters. The van der Waals surface area contributed by atoms with E-state index in [1.165, 1.54) is 109 Å². The summed E-state index contributed by atoms with van der Waals surface area (Å²) < 4.78 is 11.4. The maximum atomic E-state index is 12.6. The molecule has 0 aromatic heterocycles. The molecule has 0 aromatic carbocycles. The van der Waals surface area contributed by atoms with Gasteiger partial charge in [0, 0.05) is 44.6 Å². The van der Waals surface area contributed by atoms with Crippen LogP contribution in [-0.2, 0) is 23.9 Å². The van der Waals surface area contributed by atoms with Gasteiger partial charge in [-0.05, 0) is 57.8 Å². The van der Waals surface area contributed by atoms with Gasteiger partial charge in [0.05, 0.1) is 6.61 Å². The van der Waals surface area contributed by atoms with Crippen LogP contribution in [0.2, 0.25) is 0 Å². The molecule has 1 atom stereocenters. The Hall–Kier alpha value is -2.03. The lowest BCUT2D eigenvalue weighted by molar-refractivity contribution is -0.150. The van der Waals surface area contributed by atoms with Crippen molar-refractivity contribution in [2.45, 2.75) is 239 Å². The Morgan fingerprint density at radius 2 is 0.961 bits per heavy atom. The molecule has 298 valence electrons. The number of hydrogen-bond acceptors (Lipinski definition) is 5. The molecule has 0 fully saturated rings. The zero-order valence-electron chi connectivity index (χ0n) is 34.2. The van der Waals surface area contributed by atoms with Crippen LogP contribution in [0, 0.1) is 17.8 Å². The molecule has 51 heavy (non-hydrogen) atoms. The number of carbonyl (C=O) groups is 3. The van der Waals surface area contributed by atoms with Crippen LogP contribution in [0.4, 0.5) is 0 Å². The molecule has 0 aliphatic heterocycles. The minimum Gasteiger partial charge on any atom is -0.465 e. The van der Waals surface area contributed by atoms with Gasteiger partial charge < -0.3 is 14.8 Å². The van der Waals surface area contributed by atoms with Crippen molar-refractivity contribution in [3.8, 4) is 11.8 Å². The van der Waals surface area contributed by atoms with Crippen molar-refractivity contribution in [2.75, 3.05) is 13.2 Å². The highest BCUT2D eigenvalue weighted by Gasteiger charge is 2.16. The first-order chi connectivity index (χ1) is 25.0. The second-order valence-corrected chi connectivity index (χ2v) is 15.0. The largest absolute Gasteiger partial charge is 0.465 e. The molecular weight excluding hydrogens is 634 g/mol. The van der Waals surface area contributed by atoms with Crippen LogP contribution >= 0.6 is 0 Å².